The zero-order valence-corrected chi connectivity index (χ0v) is 11.9. The van der Waals surface area contributed by atoms with Gasteiger partial charge in [-0.25, -0.2) is 0 Å². The van der Waals surface area contributed by atoms with Gasteiger partial charge in [0.05, 0.1) is 5.56 Å². The van der Waals surface area contributed by atoms with Crippen molar-refractivity contribution in [2.75, 3.05) is 5.73 Å². The average Bonchev–Trinajstić information content (AvgIpc) is 2.55. The highest BCUT2D eigenvalue weighted by Gasteiger charge is 2.32. The fourth-order valence-corrected chi connectivity index (χ4v) is 2.34. The van der Waals surface area contributed by atoms with Gasteiger partial charge in [0, 0.05) is 52.7 Å². The van der Waals surface area contributed by atoms with Crippen LogP contribution in [0.15, 0.2) is 61.2 Å². The second-order valence-corrected chi connectivity index (χ2v) is 4.97. The Morgan fingerprint density at radius 3 is 1.65 bits per heavy atom. The van der Waals surface area contributed by atoms with Crippen LogP contribution in [0.3, 0.4) is 0 Å². The molecule has 0 amide bonds. The standard InChI is InChI=1S/C17H12F3N3/c18-17(19,20)13-7-14(11-3-1-5-22-9-11)16(21)15(8-13)12-4-2-6-23-10-12/h1-10H,21H2. The summed E-state index contributed by atoms with van der Waals surface area (Å²) >= 11 is 0. The summed E-state index contributed by atoms with van der Waals surface area (Å²) in [6.07, 6.45) is 1.60. The van der Waals surface area contributed by atoms with E-state index in [-0.39, 0.29) is 5.69 Å². The van der Waals surface area contributed by atoms with E-state index in [9.17, 15) is 13.2 Å². The van der Waals surface area contributed by atoms with Crippen LogP contribution >= 0.6 is 0 Å². The molecule has 0 atom stereocenters. The monoisotopic (exact) mass is 315 g/mol. The summed E-state index contributed by atoms with van der Waals surface area (Å²) in [6.45, 7) is 0. The number of aromatic nitrogens is 2. The Bertz CT molecular complexity index is 755. The summed E-state index contributed by atoms with van der Waals surface area (Å²) in [5.41, 5.74) is 7.29. The molecule has 116 valence electrons. The van der Waals surface area contributed by atoms with E-state index in [0.29, 0.717) is 22.3 Å². The molecule has 0 saturated carbocycles. The van der Waals surface area contributed by atoms with E-state index < -0.39 is 11.7 Å². The largest absolute Gasteiger partial charge is 0.416 e. The second-order valence-electron chi connectivity index (χ2n) is 4.97. The maximum atomic E-state index is 13.2. The molecule has 0 saturated heterocycles. The molecule has 0 aliphatic carbocycles. The fraction of sp³-hybridized carbons (Fsp3) is 0.0588. The van der Waals surface area contributed by atoms with Crippen LogP contribution in [0.5, 0.6) is 0 Å². The van der Waals surface area contributed by atoms with Crippen molar-refractivity contribution in [2.45, 2.75) is 6.18 Å². The number of anilines is 1. The topological polar surface area (TPSA) is 51.8 Å². The van der Waals surface area contributed by atoms with Crippen molar-refractivity contribution in [3.8, 4) is 22.3 Å². The molecule has 2 heterocycles. The number of benzene rings is 1. The SMILES string of the molecule is Nc1c(-c2cccnc2)cc(C(F)(F)F)cc1-c1cccnc1. The summed E-state index contributed by atoms with van der Waals surface area (Å²) in [4.78, 5) is 7.89. The van der Waals surface area contributed by atoms with Crippen LogP contribution in [0.4, 0.5) is 18.9 Å². The maximum absolute atomic E-state index is 13.2. The number of halogens is 3. The Morgan fingerprint density at radius 2 is 1.30 bits per heavy atom. The Balaban J connectivity index is 2.28. The quantitative estimate of drug-likeness (QED) is 0.713. The summed E-state index contributed by atoms with van der Waals surface area (Å²) in [6, 6.07) is 8.74. The van der Waals surface area contributed by atoms with E-state index in [4.69, 9.17) is 5.73 Å². The van der Waals surface area contributed by atoms with Gasteiger partial charge in [-0.1, -0.05) is 12.1 Å². The lowest BCUT2D eigenvalue weighted by atomic mass is 9.94. The first-order chi connectivity index (χ1) is 11.0. The highest BCUT2D eigenvalue weighted by Crippen LogP contribution is 2.40. The van der Waals surface area contributed by atoms with E-state index in [1.165, 1.54) is 12.4 Å². The van der Waals surface area contributed by atoms with Crippen molar-refractivity contribution in [3.05, 3.63) is 66.7 Å². The Hall–Kier alpha value is -2.89. The fourth-order valence-electron chi connectivity index (χ4n) is 2.34. The summed E-state index contributed by atoms with van der Waals surface area (Å²) in [5.74, 6) is 0. The molecule has 3 nitrogen and oxygen atoms in total. The van der Waals surface area contributed by atoms with Crippen LogP contribution in [0.2, 0.25) is 0 Å². The zero-order valence-electron chi connectivity index (χ0n) is 11.9. The smallest absolute Gasteiger partial charge is 0.398 e. The van der Waals surface area contributed by atoms with E-state index in [0.717, 1.165) is 12.1 Å². The molecule has 2 aromatic heterocycles. The van der Waals surface area contributed by atoms with Crippen molar-refractivity contribution in [3.63, 3.8) is 0 Å². The molecular formula is C17H12F3N3. The average molecular weight is 315 g/mol. The van der Waals surface area contributed by atoms with Gasteiger partial charge in [0.2, 0.25) is 0 Å². The van der Waals surface area contributed by atoms with Gasteiger partial charge in [0.15, 0.2) is 0 Å². The first-order valence-corrected chi connectivity index (χ1v) is 6.78. The lowest BCUT2D eigenvalue weighted by Gasteiger charge is -2.16. The van der Waals surface area contributed by atoms with Gasteiger partial charge in [0.25, 0.3) is 0 Å². The van der Waals surface area contributed by atoms with Crippen LogP contribution < -0.4 is 5.73 Å². The van der Waals surface area contributed by atoms with Crippen LogP contribution in [-0.2, 0) is 6.18 Å². The lowest BCUT2D eigenvalue weighted by molar-refractivity contribution is -0.137. The molecule has 0 radical (unpaired) electrons. The number of alkyl halides is 3. The highest BCUT2D eigenvalue weighted by atomic mass is 19.4. The molecule has 0 unspecified atom stereocenters. The molecule has 2 N–H and O–H groups in total. The number of nitrogens with zero attached hydrogens (tertiary/aromatic N) is 2. The molecule has 0 fully saturated rings. The van der Waals surface area contributed by atoms with Crippen molar-refractivity contribution < 1.29 is 13.2 Å². The summed E-state index contributed by atoms with van der Waals surface area (Å²) in [5, 5.41) is 0. The Morgan fingerprint density at radius 1 is 0.826 bits per heavy atom. The summed E-state index contributed by atoms with van der Waals surface area (Å²) < 4.78 is 39.7. The number of nitrogens with two attached hydrogens (primary N) is 1. The summed E-state index contributed by atoms with van der Waals surface area (Å²) in [7, 11) is 0. The normalized spacial score (nSPS) is 11.4. The Labute approximate surface area is 130 Å². The van der Waals surface area contributed by atoms with Crippen molar-refractivity contribution in [2.24, 2.45) is 0 Å². The molecule has 3 rings (SSSR count). The molecule has 0 bridgehead atoms. The van der Waals surface area contributed by atoms with Crippen LogP contribution in [0.25, 0.3) is 22.3 Å². The third kappa shape index (κ3) is 3.01. The molecule has 23 heavy (non-hydrogen) atoms. The van der Waals surface area contributed by atoms with Crippen LogP contribution in [-0.4, -0.2) is 9.97 Å². The minimum Gasteiger partial charge on any atom is -0.398 e. The molecule has 0 aliphatic rings. The van der Waals surface area contributed by atoms with E-state index in [2.05, 4.69) is 9.97 Å². The van der Waals surface area contributed by atoms with E-state index in [1.54, 1.807) is 36.7 Å². The zero-order chi connectivity index (χ0) is 16.4. The molecule has 1 aromatic carbocycles. The number of hydrogen-bond acceptors (Lipinski definition) is 3. The maximum Gasteiger partial charge on any atom is 0.416 e. The van der Waals surface area contributed by atoms with E-state index >= 15 is 0 Å². The van der Waals surface area contributed by atoms with Gasteiger partial charge in [-0.3, -0.25) is 9.97 Å². The number of pyridine rings is 2. The van der Waals surface area contributed by atoms with E-state index in [1.807, 2.05) is 0 Å². The van der Waals surface area contributed by atoms with Crippen molar-refractivity contribution in [1.82, 2.24) is 9.97 Å². The number of rotatable bonds is 2. The first-order valence-electron chi connectivity index (χ1n) is 6.78. The van der Waals surface area contributed by atoms with Gasteiger partial charge < -0.3 is 5.73 Å². The van der Waals surface area contributed by atoms with Crippen molar-refractivity contribution >= 4 is 5.69 Å². The number of nitrogen functional groups attached to an aromatic ring is 1. The minimum atomic E-state index is -4.47. The Kier molecular flexibility index (Phi) is 3.73. The molecule has 0 aliphatic heterocycles. The van der Waals surface area contributed by atoms with Crippen molar-refractivity contribution in [1.29, 1.82) is 0 Å². The molecular weight excluding hydrogens is 303 g/mol. The lowest BCUT2D eigenvalue weighted by Crippen LogP contribution is -2.07. The second kappa shape index (κ2) is 5.72. The first kappa shape index (κ1) is 15.0. The third-order valence-corrected chi connectivity index (χ3v) is 3.45. The number of hydrogen-bond donors (Lipinski definition) is 1. The van der Waals surface area contributed by atoms with Gasteiger partial charge in [-0.05, 0) is 24.3 Å². The van der Waals surface area contributed by atoms with Gasteiger partial charge in [0.1, 0.15) is 0 Å². The molecule has 0 spiro atoms. The van der Waals surface area contributed by atoms with Gasteiger partial charge >= 0.3 is 6.18 Å². The highest BCUT2D eigenvalue weighted by molar-refractivity contribution is 5.89. The predicted octanol–water partition coefficient (Wildman–Crippen LogP) is 4.41. The molecule has 3 aromatic rings. The van der Waals surface area contributed by atoms with Gasteiger partial charge in [-0.2, -0.15) is 13.2 Å². The third-order valence-electron chi connectivity index (χ3n) is 3.45. The molecule has 6 heteroatoms. The minimum absolute atomic E-state index is 0.263. The van der Waals surface area contributed by atoms with Crippen LogP contribution in [0.1, 0.15) is 5.56 Å². The van der Waals surface area contributed by atoms with Crippen LogP contribution in [0, 0.1) is 0 Å². The predicted molar refractivity (Wildman–Crippen MR) is 82.3 cm³/mol. The van der Waals surface area contributed by atoms with Gasteiger partial charge in [-0.15, -0.1) is 0 Å².